The van der Waals surface area contributed by atoms with E-state index in [4.69, 9.17) is 4.74 Å². The lowest BCUT2D eigenvalue weighted by Crippen LogP contribution is -2.38. The average Bonchev–Trinajstić information content (AvgIpc) is 3.23. The van der Waals surface area contributed by atoms with Crippen LogP contribution >= 0.6 is 11.8 Å². The highest BCUT2D eigenvalue weighted by Gasteiger charge is 2.23. The van der Waals surface area contributed by atoms with Crippen LogP contribution in [-0.2, 0) is 9.53 Å². The van der Waals surface area contributed by atoms with Crippen LogP contribution in [0.3, 0.4) is 0 Å². The summed E-state index contributed by atoms with van der Waals surface area (Å²) in [6, 6.07) is 13.9. The molecule has 1 amide bonds. The molecule has 4 rings (SSSR count). The van der Waals surface area contributed by atoms with E-state index < -0.39 is 6.61 Å². The first-order chi connectivity index (χ1) is 16.0. The monoisotopic (exact) mass is 475 g/mol. The third-order valence-electron chi connectivity index (χ3n) is 4.98. The van der Waals surface area contributed by atoms with E-state index in [1.54, 1.807) is 12.1 Å². The summed E-state index contributed by atoms with van der Waals surface area (Å²) in [7, 11) is 0. The van der Waals surface area contributed by atoms with Crippen LogP contribution < -0.4 is 15.0 Å². The van der Waals surface area contributed by atoms with Crippen LogP contribution in [0.2, 0.25) is 0 Å². The molecule has 2 heterocycles. The second-order valence-corrected chi connectivity index (χ2v) is 8.16. The number of nitrogens with zero attached hydrogens (tertiary/aromatic N) is 4. The van der Waals surface area contributed by atoms with Gasteiger partial charge >= 0.3 is 6.61 Å². The van der Waals surface area contributed by atoms with Crippen LogP contribution in [0.5, 0.6) is 5.75 Å². The highest BCUT2D eigenvalue weighted by Crippen LogP contribution is 2.30. The van der Waals surface area contributed by atoms with Crippen molar-refractivity contribution in [2.45, 2.75) is 18.7 Å². The van der Waals surface area contributed by atoms with Crippen molar-refractivity contribution in [3.63, 3.8) is 0 Å². The van der Waals surface area contributed by atoms with Gasteiger partial charge in [0, 0.05) is 13.1 Å². The van der Waals surface area contributed by atoms with Crippen molar-refractivity contribution < 1.29 is 23.0 Å². The van der Waals surface area contributed by atoms with E-state index in [2.05, 4.69) is 25.2 Å². The molecule has 1 fully saturated rings. The third kappa shape index (κ3) is 5.60. The number of carbonyl (C=O) groups is 1. The van der Waals surface area contributed by atoms with Crippen molar-refractivity contribution in [2.24, 2.45) is 0 Å². The van der Waals surface area contributed by atoms with E-state index in [-0.39, 0.29) is 23.1 Å². The number of aryl methyl sites for hydroxylation is 1. The van der Waals surface area contributed by atoms with E-state index in [1.165, 1.54) is 23.9 Å². The molecule has 1 N–H and O–H groups in total. The number of benzene rings is 2. The summed E-state index contributed by atoms with van der Waals surface area (Å²) in [5.74, 6) is 0.225. The van der Waals surface area contributed by atoms with Crippen LogP contribution in [0.1, 0.15) is 5.56 Å². The predicted molar refractivity (Wildman–Crippen MR) is 122 cm³/mol. The van der Waals surface area contributed by atoms with Gasteiger partial charge in [-0.15, -0.1) is 10.2 Å². The number of hydrogen-bond donors (Lipinski definition) is 1. The summed E-state index contributed by atoms with van der Waals surface area (Å²) in [6.45, 7) is 1.60. The zero-order chi connectivity index (χ0) is 23.2. The molecule has 2 aromatic carbocycles. The molecule has 0 bridgehead atoms. The standard InChI is InChI=1S/C22H23F2N5O3S/c1-15-6-2-4-8-17(15)29-21(28-10-12-31-13-11-28)26-27-22(29)33-14-19(30)25-16-7-3-5-9-18(16)32-20(23)24/h2-9,20H,10-14H2,1H3,(H,25,30). The fourth-order valence-electron chi connectivity index (χ4n) is 3.43. The molecule has 0 aliphatic carbocycles. The van der Waals surface area contributed by atoms with Gasteiger partial charge in [-0.05, 0) is 30.7 Å². The minimum atomic E-state index is -2.98. The minimum absolute atomic E-state index is 0.0101. The summed E-state index contributed by atoms with van der Waals surface area (Å²) in [5.41, 5.74) is 2.14. The number of nitrogens with one attached hydrogen (secondary N) is 1. The molecule has 0 radical (unpaired) electrons. The van der Waals surface area contributed by atoms with Gasteiger partial charge in [-0.3, -0.25) is 9.36 Å². The second kappa shape index (κ2) is 10.6. The van der Waals surface area contributed by atoms with Gasteiger partial charge in [0.2, 0.25) is 11.9 Å². The van der Waals surface area contributed by atoms with E-state index in [0.717, 1.165) is 11.3 Å². The van der Waals surface area contributed by atoms with Crippen molar-refractivity contribution in [1.29, 1.82) is 0 Å². The Morgan fingerprint density at radius 1 is 1.15 bits per heavy atom. The summed E-state index contributed by atoms with van der Waals surface area (Å²) in [4.78, 5) is 14.7. The minimum Gasteiger partial charge on any atom is -0.433 e. The first-order valence-corrected chi connectivity index (χ1v) is 11.3. The molecule has 174 valence electrons. The third-order valence-corrected chi connectivity index (χ3v) is 5.91. The fourth-order valence-corrected chi connectivity index (χ4v) is 4.17. The maximum atomic E-state index is 12.6. The van der Waals surface area contributed by atoms with Gasteiger partial charge in [-0.2, -0.15) is 8.78 Å². The second-order valence-electron chi connectivity index (χ2n) is 7.22. The number of morpholine rings is 1. The van der Waals surface area contributed by atoms with E-state index in [1.807, 2.05) is 35.8 Å². The highest BCUT2D eigenvalue weighted by molar-refractivity contribution is 7.99. The van der Waals surface area contributed by atoms with Crippen molar-refractivity contribution in [3.8, 4) is 11.4 Å². The van der Waals surface area contributed by atoms with Crippen LogP contribution in [0.25, 0.3) is 5.69 Å². The number of carbonyl (C=O) groups excluding carboxylic acids is 1. The molecule has 0 atom stereocenters. The van der Waals surface area contributed by atoms with Crippen LogP contribution in [0.15, 0.2) is 53.7 Å². The van der Waals surface area contributed by atoms with Crippen molar-refractivity contribution in [3.05, 3.63) is 54.1 Å². The number of aromatic nitrogens is 3. The Labute approximate surface area is 193 Å². The number of rotatable bonds is 8. The summed E-state index contributed by atoms with van der Waals surface area (Å²) >= 11 is 1.21. The normalized spacial score (nSPS) is 13.9. The lowest BCUT2D eigenvalue weighted by molar-refractivity contribution is -0.113. The quantitative estimate of drug-likeness (QED) is 0.497. The van der Waals surface area contributed by atoms with Gasteiger partial charge in [-0.1, -0.05) is 42.1 Å². The number of ether oxygens (including phenoxy) is 2. The van der Waals surface area contributed by atoms with Crippen molar-refractivity contribution in [2.75, 3.05) is 42.3 Å². The van der Waals surface area contributed by atoms with E-state index >= 15 is 0 Å². The first kappa shape index (κ1) is 23.0. The summed E-state index contributed by atoms with van der Waals surface area (Å²) in [6.07, 6.45) is 0. The molecule has 8 nitrogen and oxygen atoms in total. The number of amides is 1. The maximum absolute atomic E-state index is 12.6. The number of para-hydroxylation sites is 3. The van der Waals surface area contributed by atoms with Gasteiger partial charge in [-0.25, -0.2) is 0 Å². The molecule has 0 unspecified atom stereocenters. The summed E-state index contributed by atoms with van der Waals surface area (Å²) in [5, 5.41) is 11.9. The Kier molecular flexibility index (Phi) is 7.40. The SMILES string of the molecule is Cc1ccccc1-n1c(SCC(=O)Nc2ccccc2OC(F)F)nnc1N1CCOCC1. The molecule has 0 saturated carbocycles. The Hall–Kier alpha value is -3.18. The van der Waals surface area contributed by atoms with Crippen LogP contribution in [0.4, 0.5) is 20.4 Å². The van der Waals surface area contributed by atoms with Crippen molar-refractivity contribution >= 4 is 29.3 Å². The lowest BCUT2D eigenvalue weighted by Gasteiger charge is -2.28. The molecule has 33 heavy (non-hydrogen) atoms. The Morgan fingerprint density at radius 3 is 2.64 bits per heavy atom. The maximum Gasteiger partial charge on any atom is 0.387 e. The number of alkyl halides is 2. The van der Waals surface area contributed by atoms with Gasteiger partial charge in [0.1, 0.15) is 5.75 Å². The number of halogens is 2. The van der Waals surface area contributed by atoms with Gasteiger partial charge in [0.25, 0.3) is 0 Å². The van der Waals surface area contributed by atoms with Crippen LogP contribution in [0, 0.1) is 6.92 Å². The number of anilines is 2. The number of thioether (sulfide) groups is 1. The molecular weight excluding hydrogens is 452 g/mol. The van der Waals surface area contributed by atoms with Crippen LogP contribution in [-0.4, -0.2) is 59.3 Å². The average molecular weight is 476 g/mol. The highest BCUT2D eigenvalue weighted by atomic mass is 32.2. The zero-order valence-electron chi connectivity index (χ0n) is 17.9. The first-order valence-electron chi connectivity index (χ1n) is 10.3. The topological polar surface area (TPSA) is 81.5 Å². The molecule has 1 saturated heterocycles. The van der Waals surface area contributed by atoms with Gasteiger partial charge in [0.15, 0.2) is 5.16 Å². The molecule has 1 aliphatic heterocycles. The van der Waals surface area contributed by atoms with E-state index in [0.29, 0.717) is 37.4 Å². The van der Waals surface area contributed by atoms with E-state index in [9.17, 15) is 13.6 Å². The van der Waals surface area contributed by atoms with Crippen molar-refractivity contribution in [1.82, 2.24) is 14.8 Å². The fraction of sp³-hybridized carbons (Fsp3) is 0.318. The molecular formula is C22H23F2N5O3S. The Bertz CT molecular complexity index is 1110. The van der Waals surface area contributed by atoms with Gasteiger partial charge in [0.05, 0.1) is 30.3 Å². The molecule has 11 heteroatoms. The molecule has 3 aromatic rings. The number of hydrogen-bond acceptors (Lipinski definition) is 7. The Morgan fingerprint density at radius 2 is 1.88 bits per heavy atom. The van der Waals surface area contributed by atoms with Gasteiger partial charge < -0.3 is 19.7 Å². The largest absolute Gasteiger partial charge is 0.433 e. The predicted octanol–water partition coefficient (Wildman–Crippen LogP) is 3.74. The molecule has 1 aromatic heterocycles. The molecule has 0 spiro atoms. The zero-order valence-corrected chi connectivity index (χ0v) is 18.7. The smallest absolute Gasteiger partial charge is 0.387 e. The molecule has 1 aliphatic rings. The lowest BCUT2D eigenvalue weighted by atomic mass is 10.2. The summed E-state index contributed by atoms with van der Waals surface area (Å²) < 4.78 is 37.1. The Balaban J connectivity index is 1.53.